The Kier molecular flexibility index (Phi) is 3.09. The minimum atomic E-state index is -0.144. The van der Waals surface area contributed by atoms with Crippen LogP contribution in [-0.2, 0) is 0 Å². The summed E-state index contributed by atoms with van der Waals surface area (Å²) in [5, 5.41) is 0.489. The van der Waals surface area contributed by atoms with Crippen LogP contribution < -0.4 is 4.74 Å². The fourth-order valence-electron chi connectivity index (χ4n) is 0.931. The smallest absolute Gasteiger partial charge is 0.185 e. The molecular weight excluding hydrogens is 188 g/mol. The highest BCUT2D eigenvalue weighted by Crippen LogP contribution is 2.25. The molecule has 1 rings (SSSR count). The number of ketones is 1. The average molecular weight is 197 g/mol. The highest BCUT2D eigenvalue weighted by atomic mass is 35.5. The Morgan fingerprint density at radius 1 is 1.62 bits per heavy atom. The summed E-state index contributed by atoms with van der Waals surface area (Å²) in [5.41, 5.74) is 0.524. The lowest BCUT2D eigenvalue weighted by atomic mass is 10.1. The van der Waals surface area contributed by atoms with Gasteiger partial charge in [-0.3, -0.25) is 4.79 Å². The maximum Gasteiger partial charge on any atom is 0.185 e. The van der Waals surface area contributed by atoms with E-state index in [1.54, 1.807) is 18.2 Å². The van der Waals surface area contributed by atoms with E-state index in [-0.39, 0.29) is 5.78 Å². The molecule has 0 N–H and O–H groups in total. The highest BCUT2D eigenvalue weighted by molar-refractivity contribution is 6.32. The van der Waals surface area contributed by atoms with Gasteiger partial charge in [-0.2, -0.15) is 0 Å². The second-order valence-electron chi connectivity index (χ2n) is 2.42. The molecular formula is C10H9ClO2. The van der Waals surface area contributed by atoms with E-state index in [1.807, 2.05) is 0 Å². The van der Waals surface area contributed by atoms with Gasteiger partial charge in [0.25, 0.3) is 0 Å². The van der Waals surface area contributed by atoms with Gasteiger partial charge in [-0.15, -0.1) is 0 Å². The summed E-state index contributed by atoms with van der Waals surface area (Å²) in [6.45, 7) is 3.39. The van der Waals surface area contributed by atoms with Crippen LogP contribution in [0.1, 0.15) is 10.4 Å². The predicted molar refractivity (Wildman–Crippen MR) is 52.5 cm³/mol. The number of rotatable bonds is 3. The number of allylic oxidation sites excluding steroid dienone is 1. The monoisotopic (exact) mass is 196 g/mol. The first kappa shape index (κ1) is 9.81. The van der Waals surface area contributed by atoms with E-state index < -0.39 is 0 Å². The molecule has 0 aliphatic carbocycles. The van der Waals surface area contributed by atoms with Gasteiger partial charge in [0.2, 0.25) is 0 Å². The molecule has 0 heterocycles. The molecule has 0 aliphatic rings. The molecule has 0 fully saturated rings. The standard InChI is InChI=1S/C10H9ClO2/c1-3-9(12)7-4-5-8(11)10(6-7)13-2/h3-6H,1H2,2H3. The maximum atomic E-state index is 11.2. The molecule has 0 radical (unpaired) electrons. The number of carbonyl (C=O) groups is 1. The van der Waals surface area contributed by atoms with Gasteiger partial charge in [-0.1, -0.05) is 18.2 Å². The predicted octanol–water partition coefficient (Wildman–Crippen LogP) is 2.72. The lowest BCUT2D eigenvalue weighted by Gasteiger charge is -2.03. The second-order valence-corrected chi connectivity index (χ2v) is 2.82. The molecule has 0 saturated carbocycles. The Morgan fingerprint density at radius 2 is 2.31 bits per heavy atom. The molecule has 0 spiro atoms. The number of methoxy groups -OCH3 is 1. The quantitative estimate of drug-likeness (QED) is 0.549. The third-order valence-corrected chi connectivity index (χ3v) is 1.93. The lowest BCUT2D eigenvalue weighted by Crippen LogP contribution is -1.94. The summed E-state index contributed by atoms with van der Waals surface area (Å²) in [6.07, 6.45) is 1.25. The molecule has 0 amide bonds. The van der Waals surface area contributed by atoms with Crippen molar-refractivity contribution < 1.29 is 9.53 Å². The van der Waals surface area contributed by atoms with Crippen LogP contribution in [0.15, 0.2) is 30.9 Å². The van der Waals surface area contributed by atoms with Crippen molar-refractivity contribution >= 4 is 17.4 Å². The molecule has 0 bridgehead atoms. The number of carbonyl (C=O) groups excluding carboxylic acids is 1. The van der Waals surface area contributed by atoms with Crippen LogP contribution >= 0.6 is 11.6 Å². The molecule has 0 aromatic heterocycles. The molecule has 0 saturated heterocycles. The second kappa shape index (κ2) is 4.10. The zero-order valence-corrected chi connectivity index (χ0v) is 7.97. The Balaban J connectivity index is 3.13. The van der Waals surface area contributed by atoms with Gasteiger partial charge in [-0.05, 0) is 24.3 Å². The van der Waals surface area contributed by atoms with E-state index in [2.05, 4.69) is 6.58 Å². The summed E-state index contributed by atoms with van der Waals surface area (Å²) in [6, 6.07) is 4.85. The molecule has 3 heteroatoms. The third kappa shape index (κ3) is 2.10. The van der Waals surface area contributed by atoms with Crippen molar-refractivity contribution in [3.05, 3.63) is 41.4 Å². The molecule has 2 nitrogen and oxygen atoms in total. The molecule has 13 heavy (non-hydrogen) atoms. The normalized spacial score (nSPS) is 9.38. The average Bonchev–Trinajstić information content (AvgIpc) is 2.17. The Morgan fingerprint density at radius 3 is 2.85 bits per heavy atom. The summed E-state index contributed by atoms with van der Waals surface area (Å²) in [7, 11) is 1.50. The molecule has 0 atom stereocenters. The molecule has 68 valence electrons. The minimum absolute atomic E-state index is 0.144. The van der Waals surface area contributed by atoms with Gasteiger partial charge >= 0.3 is 0 Å². The Bertz CT molecular complexity index is 345. The zero-order chi connectivity index (χ0) is 9.84. The van der Waals surface area contributed by atoms with Gasteiger partial charge in [0, 0.05) is 5.56 Å². The summed E-state index contributed by atoms with van der Waals surface area (Å²) in [5.74, 6) is 0.351. The fourth-order valence-corrected chi connectivity index (χ4v) is 1.13. The first-order valence-electron chi connectivity index (χ1n) is 3.69. The van der Waals surface area contributed by atoms with Gasteiger partial charge in [0.1, 0.15) is 5.75 Å². The molecule has 0 unspecified atom stereocenters. The van der Waals surface area contributed by atoms with Gasteiger partial charge in [-0.25, -0.2) is 0 Å². The van der Waals surface area contributed by atoms with Crippen molar-refractivity contribution in [3.63, 3.8) is 0 Å². The van der Waals surface area contributed by atoms with Crippen molar-refractivity contribution in [2.45, 2.75) is 0 Å². The molecule has 1 aromatic rings. The van der Waals surface area contributed by atoms with Crippen molar-refractivity contribution in [2.75, 3.05) is 7.11 Å². The molecule has 0 aliphatic heterocycles. The van der Waals surface area contributed by atoms with E-state index in [0.717, 1.165) is 0 Å². The van der Waals surface area contributed by atoms with E-state index in [4.69, 9.17) is 16.3 Å². The van der Waals surface area contributed by atoms with Crippen molar-refractivity contribution in [2.24, 2.45) is 0 Å². The SMILES string of the molecule is C=CC(=O)c1ccc(Cl)c(OC)c1. The summed E-state index contributed by atoms with van der Waals surface area (Å²) < 4.78 is 4.96. The minimum Gasteiger partial charge on any atom is -0.495 e. The first-order valence-corrected chi connectivity index (χ1v) is 4.07. The van der Waals surface area contributed by atoms with Crippen LogP contribution in [0.5, 0.6) is 5.75 Å². The largest absolute Gasteiger partial charge is 0.495 e. The van der Waals surface area contributed by atoms with E-state index >= 15 is 0 Å². The van der Waals surface area contributed by atoms with Crippen molar-refractivity contribution in [3.8, 4) is 5.75 Å². The Labute approximate surface area is 81.8 Å². The van der Waals surface area contributed by atoms with Crippen LogP contribution in [0.4, 0.5) is 0 Å². The number of hydrogen-bond donors (Lipinski definition) is 0. The maximum absolute atomic E-state index is 11.2. The van der Waals surface area contributed by atoms with Gasteiger partial charge < -0.3 is 4.74 Å². The van der Waals surface area contributed by atoms with Gasteiger partial charge in [0.05, 0.1) is 12.1 Å². The van der Waals surface area contributed by atoms with Gasteiger partial charge in [0.15, 0.2) is 5.78 Å². The molecule has 1 aromatic carbocycles. The zero-order valence-electron chi connectivity index (χ0n) is 7.21. The van der Waals surface area contributed by atoms with Crippen LogP contribution in [0.3, 0.4) is 0 Å². The number of ether oxygens (including phenoxy) is 1. The van der Waals surface area contributed by atoms with E-state index in [0.29, 0.717) is 16.3 Å². The summed E-state index contributed by atoms with van der Waals surface area (Å²) in [4.78, 5) is 11.2. The van der Waals surface area contributed by atoms with E-state index in [1.165, 1.54) is 13.2 Å². The van der Waals surface area contributed by atoms with Crippen molar-refractivity contribution in [1.29, 1.82) is 0 Å². The van der Waals surface area contributed by atoms with E-state index in [9.17, 15) is 4.79 Å². The third-order valence-electron chi connectivity index (χ3n) is 1.62. The number of benzene rings is 1. The Hall–Kier alpha value is -1.28. The number of hydrogen-bond acceptors (Lipinski definition) is 2. The van der Waals surface area contributed by atoms with Crippen LogP contribution in [-0.4, -0.2) is 12.9 Å². The van der Waals surface area contributed by atoms with Crippen LogP contribution in [0.2, 0.25) is 5.02 Å². The van der Waals surface area contributed by atoms with Crippen molar-refractivity contribution in [1.82, 2.24) is 0 Å². The fraction of sp³-hybridized carbons (Fsp3) is 0.100. The van der Waals surface area contributed by atoms with Crippen LogP contribution in [0, 0.1) is 0 Å². The highest BCUT2D eigenvalue weighted by Gasteiger charge is 2.05. The topological polar surface area (TPSA) is 26.3 Å². The first-order chi connectivity index (χ1) is 6.19. The summed E-state index contributed by atoms with van der Waals surface area (Å²) >= 11 is 5.78. The number of halogens is 1. The van der Waals surface area contributed by atoms with Crippen LogP contribution in [0.25, 0.3) is 0 Å². The lowest BCUT2D eigenvalue weighted by molar-refractivity contribution is 0.104.